The van der Waals surface area contributed by atoms with E-state index in [9.17, 15) is 0 Å². The van der Waals surface area contributed by atoms with Crippen molar-refractivity contribution in [2.75, 3.05) is 0 Å². The third-order valence-electron chi connectivity index (χ3n) is 3.53. The van der Waals surface area contributed by atoms with Crippen LogP contribution in [0.4, 0.5) is 0 Å². The van der Waals surface area contributed by atoms with Crippen LogP contribution in [0.5, 0.6) is 0 Å². The lowest BCUT2D eigenvalue weighted by molar-refractivity contribution is -0.0918. The van der Waals surface area contributed by atoms with Gasteiger partial charge in [0.1, 0.15) is 0 Å². The molecule has 0 aromatic heterocycles. The molecule has 0 aromatic rings. The quantitative estimate of drug-likeness (QED) is 0.621. The summed E-state index contributed by atoms with van der Waals surface area (Å²) in [6.45, 7) is 13.1. The van der Waals surface area contributed by atoms with Crippen molar-refractivity contribution >= 4 is 0 Å². The summed E-state index contributed by atoms with van der Waals surface area (Å²) in [4.78, 5) is 0. The second kappa shape index (κ2) is 4.48. The molecule has 82 valence electrons. The molecule has 14 heavy (non-hydrogen) atoms. The minimum absolute atomic E-state index is 0.166. The Morgan fingerprint density at radius 1 is 1.43 bits per heavy atom. The molecular formula is C13H24O. The van der Waals surface area contributed by atoms with Crippen LogP contribution in [0.25, 0.3) is 0 Å². The Labute approximate surface area is 88.5 Å². The highest BCUT2D eigenvalue weighted by Gasteiger charge is 2.38. The summed E-state index contributed by atoms with van der Waals surface area (Å²) < 4.78 is 6.10. The van der Waals surface area contributed by atoms with Gasteiger partial charge in [0.2, 0.25) is 0 Å². The first-order chi connectivity index (χ1) is 6.52. The van der Waals surface area contributed by atoms with Crippen LogP contribution in [0.2, 0.25) is 0 Å². The van der Waals surface area contributed by atoms with Gasteiger partial charge in [-0.05, 0) is 19.3 Å². The Kier molecular flexibility index (Phi) is 3.77. The van der Waals surface area contributed by atoms with Gasteiger partial charge in [-0.2, -0.15) is 0 Å². The van der Waals surface area contributed by atoms with Crippen molar-refractivity contribution in [2.24, 2.45) is 5.41 Å². The van der Waals surface area contributed by atoms with E-state index in [0.29, 0.717) is 12.2 Å². The van der Waals surface area contributed by atoms with Crippen LogP contribution in [0.15, 0.2) is 12.2 Å². The van der Waals surface area contributed by atoms with Crippen LogP contribution >= 0.6 is 0 Å². The van der Waals surface area contributed by atoms with Gasteiger partial charge in [0.05, 0.1) is 12.2 Å². The van der Waals surface area contributed by atoms with E-state index in [1.165, 1.54) is 18.4 Å². The van der Waals surface area contributed by atoms with Crippen molar-refractivity contribution in [3.63, 3.8) is 0 Å². The van der Waals surface area contributed by atoms with Crippen LogP contribution in [0.3, 0.4) is 0 Å². The third-order valence-corrected chi connectivity index (χ3v) is 3.53. The fourth-order valence-corrected chi connectivity index (χ4v) is 2.31. The molecule has 0 aromatic carbocycles. The van der Waals surface area contributed by atoms with Crippen molar-refractivity contribution in [3.8, 4) is 0 Å². The largest absolute Gasteiger partial charge is 0.374 e. The molecule has 0 aliphatic carbocycles. The zero-order valence-corrected chi connectivity index (χ0v) is 10.1. The Hall–Kier alpha value is -0.300. The summed E-state index contributed by atoms with van der Waals surface area (Å²) in [7, 11) is 0. The van der Waals surface area contributed by atoms with Crippen LogP contribution < -0.4 is 0 Å². The van der Waals surface area contributed by atoms with Crippen molar-refractivity contribution in [3.05, 3.63) is 12.2 Å². The molecule has 2 atom stereocenters. The zero-order valence-electron chi connectivity index (χ0n) is 10.1. The van der Waals surface area contributed by atoms with Gasteiger partial charge in [-0.25, -0.2) is 0 Å². The minimum atomic E-state index is 0.166. The third kappa shape index (κ3) is 2.20. The van der Waals surface area contributed by atoms with Crippen LogP contribution in [-0.2, 0) is 4.74 Å². The van der Waals surface area contributed by atoms with Crippen molar-refractivity contribution in [1.29, 1.82) is 0 Å². The van der Waals surface area contributed by atoms with Gasteiger partial charge in [-0.1, -0.05) is 46.3 Å². The summed E-state index contributed by atoms with van der Waals surface area (Å²) in [5.41, 5.74) is 1.54. The zero-order chi connectivity index (χ0) is 10.8. The number of rotatable bonds is 3. The summed E-state index contributed by atoms with van der Waals surface area (Å²) in [5, 5.41) is 0. The molecule has 0 saturated carbocycles. The predicted molar refractivity (Wildman–Crippen MR) is 61.4 cm³/mol. The molecule has 1 nitrogen and oxygen atoms in total. The van der Waals surface area contributed by atoms with E-state index in [0.717, 1.165) is 12.8 Å². The molecule has 1 rings (SSSR count). The fraction of sp³-hybridized carbons (Fsp3) is 0.846. The van der Waals surface area contributed by atoms with Crippen molar-refractivity contribution in [2.45, 2.75) is 65.6 Å². The van der Waals surface area contributed by atoms with Gasteiger partial charge < -0.3 is 4.74 Å². The summed E-state index contributed by atoms with van der Waals surface area (Å²) in [6, 6.07) is 0. The molecule has 0 N–H and O–H groups in total. The average molecular weight is 196 g/mol. The maximum Gasteiger partial charge on any atom is 0.0664 e. The second-order valence-corrected chi connectivity index (χ2v) is 4.97. The molecular weight excluding hydrogens is 172 g/mol. The Bertz CT molecular complexity index is 205. The number of hydrogen-bond donors (Lipinski definition) is 0. The lowest BCUT2D eigenvalue weighted by Crippen LogP contribution is -2.42. The Morgan fingerprint density at radius 3 is 2.57 bits per heavy atom. The molecule has 1 fully saturated rings. The molecule has 1 aliphatic rings. The standard InChI is InChI=1S/C13H24O/c1-6-8-11-9-10(3)13(4,5)12(7-2)14-11/h11-12H,3,6-9H2,1-2,4-5H3. The van der Waals surface area contributed by atoms with E-state index in [-0.39, 0.29) is 5.41 Å². The van der Waals surface area contributed by atoms with Gasteiger partial charge in [-0.15, -0.1) is 0 Å². The molecule has 0 spiro atoms. The normalized spacial score (nSPS) is 31.9. The van der Waals surface area contributed by atoms with E-state index in [4.69, 9.17) is 4.74 Å². The van der Waals surface area contributed by atoms with Gasteiger partial charge in [0.25, 0.3) is 0 Å². The first-order valence-electron chi connectivity index (χ1n) is 5.86. The van der Waals surface area contributed by atoms with E-state index in [1.54, 1.807) is 0 Å². The Morgan fingerprint density at radius 2 is 2.07 bits per heavy atom. The maximum atomic E-state index is 6.10. The molecule has 1 heteroatoms. The number of hydrogen-bond acceptors (Lipinski definition) is 1. The van der Waals surface area contributed by atoms with Crippen molar-refractivity contribution in [1.82, 2.24) is 0 Å². The molecule has 0 amide bonds. The lowest BCUT2D eigenvalue weighted by Gasteiger charge is -2.44. The van der Waals surface area contributed by atoms with E-state index in [2.05, 4.69) is 34.3 Å². The van der Waals surface area contributed by atoms with Crippen molar-refractivity contribution < 1.29 is 4.74 Å². The van der Waals surface area contributed by atoms with E-state index in [1.807, 2.05) is 0 Å². The predicted octanol–water partition coefficient (Wildman–Crippen LogP) is 3.94. The molecule has 1 heterocycles. The first kappa shape index (κ1) is 11.8. The van der Waals surface area contributed by atoms with E-state index >= 15 is 0 Å². The number of ether oxygens (including phenoxy) is 1. The highest BCUT2D eigenvalue weighted by molar-refractivity contribution is 5.14. The highest BCUT2D eigenvalue weighted by atomic mass is 16.5. The van der Waals surface area contributed by atoms with Crippen LogP contribution in [0, 0.1) is 5.41 Å². The average Bonchev–Trinajstić information content (AvgIpc) is 2.11. The van der Waals surface area contributed by atoms with Crippen LogP contribution in [-0.4, -0.2) is 12.2 Å². The summed E-state index contributed by atoms with van der Waals surface area (Å²) >= 11 is 0. The minimum Gasteiger partial charge on any atom is -0.374 e. The smallest absolute Gasteiger partial charge is 0.0664 e. The van der Waals surface area contributed by atoms with Gasteiger partial charge in [0, 0.05) is 5.41 Å². The topological polar surface area (TPSA) is 9.23 Å². The maximum absolute atomic E-state index is 6.10. The van der Waals surface area contributed by atoms with E-state index < -0.39 is 0 Å². The monoisotopic (exact) mass is 196 g/mol. The van der Waals surface area contributed by atoms with Gasteiger partial charge >= 0.3 is 0 Å². The summed E-state index contributed by atoms with van der Waals surface area (Å²) in [5.74, 6) is 0. The SMILES string of the molecule is C=C1CC(CCC)OC(CC)C1(C)C. The molecule has 0 bridgehead atoms. The summed E-state index contributed by atoms with van der Waals surface area (Å²) in [6.07, 6.45) is 5.30. The van der Waals surface area contributed by atoms with Gasteiger partial charge in [0.15, 0.2) is 0 Å². The first-order valence-corrected chi connectivity index (χ1v) is 5.86. The Balaban J connectivity index is 2.68. The lowest BCUT2D eigenvalue weighted by atomic mass is 9.74. The van der Waals surface area contributed by atoms with Crippen LogP contribution in [0.1, 0.15) is 53.4 Å². The molecule has 2 unspecified atom stereocenters. The second-order valence-electron chi connectivity index (χ2n) is 4.97. The highest BCUT2D eigenvalue weighted by Crippen LogP contribution is 2.41. The molecule has 0 radical (unpaired) electrons. The molecule has 1 aliphatic heterocycles. The fourth-order valence-electron chi connectivity index (χ4n) is 2.31. The molecule has 1 saturated heterocycles. The van der Waals surface area contributed by atoms with Gasteiger partial charge in [-0.3, -0.25) is 0 Å².